The molecule has 3 nitrogen and oxygen atoms in total. The van der Waals surface area contributed by atoms with Crippen LogP contribution in [0.15, 0.2) is 158 Å². The van der Waals surface area contributed by atoms with Crippen LogP contribution in [0.2, 0.25) is 0 Å². The van der Waals surface area contributed by atoms with Gasteiger partial charge in [0, 0.05) is 60.5 Å². The molecule has 0 unspecified atom stereocenters. The average Bonchev–Trinajstić information content (AvgIpc) is 3.86. The number of rotatable bonds is 4. The van der Waals surface area contributed by atoms with Crippen molar-refractivity contribution in [2.24, 2.45) is 0 Å². The Balaban J connectivity index is 1.05. The lowest BCUT2D eigenvalue weighted by molar-refractivity contribution is 0.889. The molecule has 0 aliphatic heterocycles. The first-order valence-electron chi connectivity index (χ1n) is 17.6. The lowest BCUT2D eigenvalue weighted by atomic mass is 9.98. The maximum absolute atomic E-state index is 4.65. The molecule has 0 N–H and O–H groups in total. The quantitative estimate of drug-likeness (QED) is 0.183. The van der Waals surface area contributed by atoms with Gasteiger partial charge in [-0.2, -0.15) is 0 Å². The minimum atomic E-state index is 1.05. The van der Waals surface area contributed by atoms with Crippen LogP contribution in [0.4, 0.5) is 0 Å². The summed E-state index contributed by atoms with van der Waals surface area (Å²) in [6.45, 7) is 0. The van der Waals surface area contributed by atoms with Gasteiger partial charge < -0.3 is 9.13 Å². The SMILES string of the molecule is C1=Cc2c(n(-c3ccc4c(c3)c3ccccc3n4-c3cccc(-c4cccc(-c5cccc6c5sc5ncccc56)c4)c3)c3ccccc23)CC1. The molecule has 4 heterocycles. The van der Waals surface area contributed by atoms with E-state index in [2.05, 4.69) is 166 Å². The minimum absolute atomic E-state index is 1.05. The van der Waals surface area contributed by atoms with Gasteiger partial charge in [0.15, 0.2) is 0 Å². The van der Waals surface area contributed by atoms with Gasteiger partial charge >= 0.3 is 0 Å². The van der Waals surface area contributed by atoms with Crippen LogP contribution in [-0.2, 0) is 6.42 Å². The van der Waals surface area contributed by atoms with Gasteiger partial charge in [-0.3, -0.25) is 0 Å². The van der Waals surface area contributed by atoms with E-state index in [1.807, 2.05) is 12.3 Å². The van der Waals surface area contributed by atoms with E-state index in [0.29, 0.717) is 0 Å². The van der Waals surface area contributed by atoms with Crippen LogP contribution < -0.4 is 0 Å². The van der Waals surface area contributed by atoms with Crippen molar-refractivity contribution in [2.45, 2.75) is 12.8 Å². The summed E-state index contributed by atoms with van der Waals surface area (Å²) in [6.07, 6.45) is 8.62. The molecule has 11 rings (SSSR count). The Hall–Kier alpha value is -6.23. The van der Waals surface area contributed by atoms with Gasteiger partial charge in [0.2, 0.25) is 0 Å². The Labute approximate surface area is 299 Å². The molecule has 0 saturated carbocycles. The molecule has 10 aromatic rings. The highest BCUT2D eigenvalue weighted by atomic mass is 32.1. The molecule has 0 bridgehead atoms. The first kappa shape index (κ1) is 28.6. The number of para-hydroxylation sites is 2. The number of benzene rings is 6. The molecule has 0 amide bonds. The second-order valence-electron chi connectivity index (χ2n) is 13.5. The third-order valence-electron chi connectivity index (χ3n) is 10.6. The summed E-state index contributed by atoms with van der Waals surface area (Å²) in [5.41, 5.74) is 13.7. The monoisotopic (exact) mass is 669 g/mol. The van der Waals surface area contributed by atoms with Crippen LogP contribution in [-0.4, -0.2) is 14.1 Å². The van der Waals surface area contributed by atoms with Crippen molar-refractivity contribution in [3.63, 3.8) is 0 Å². The van der Waals surface area contributed by atoms with E-state index >= 15 is 0 Å². The van der Waals surface area contributed by atoms with E-state index in [1.54, 1.807) is 11.3 Å². The molecule has 0 spiro atoms. The van der Waals surface area contributed by atoms with Crippen LogP contribution in [0.5, 0.6) is 0 Å². The molecule has 1 aliphatic rings. The summed E-state index contributed by atoms with van der Waals surface area (Å²) in [7, 11) is 0. The molecule has 6 aromatic carbocycles. The molecular weight excluding hydrogens is 639 g/mol. The smallest absolute Gasteiger partial charge is 0.124 e. The van der Waals surface area contributed by atoms with E-state index in [0.717, 1.165) is 23.4 Å². The van der Waals surface area contributed by atoms with Gasteiger partial charge in [-0.05, 0) is 95.8 Å². The molecule has 1 aliphatic carbocycles. The first-order chi connectivity index (χ1) is 25.3. The van der Waals surface area contributed by atoms with Gasteiger partial charge in [0.25, 0.3) is 0 Å². The molecule has 0 atom stereocenters. The highest BCUT2D eigenvalue weighted by molar-refractivity contribution is 7.26. The Morgan fingerprint density at radius 3 is 2.14 bits per heavy atom. The van der Waals surface area contributed by atoms with E-state index in [1.165, 1.54) is 87.4 Å². The number of allylic oxidation sites excluding steroid dienone is 1. The molecule has 4 aromatic heterocycles. The maximum atomic E-state index is 4.65. The first-order valence-corrected chi connectivity index (χ1v) is 18.4. The van der Waals surface area contributed by atoms with E-state index in [-0.39, 0.29) is 0 Å². The van der Waals surface area contributed by atoms with Gasteiger partial charge in [-0.15, -0.1) is 11.3 Å². The summed E-state index contributed by atoms with van der Waals surface area (Å²) in [4.78, 5) is 5.74. The second-order valence-corrected chi connectivity index (χ2v) is 14.5. The van der Waals surface area contributed by atoms with Crippen LogP contribution >= 0.6 is 11.3 Å². The number of thiophene rings is 1. The van der Waals surface area contributed by atoms with E-state index in [4.69, 9.17) is 0 Å². The van der Waals surface area contributed by atoms with Crippen LogP contribution in [0.3, 0.4) is 0 Å². The van der Waals surface area contributed by atoms with Crippen LogP contribution in [0.1, 0.15) is 17.7 Å². The van der Waals surface area contributed by atoms with Crippen molar-refractivity contribution < 1.29 is 0 Å². The number of fused-ring (bicyclic) bond motifs is 9. The standard InChI is InChI=1S/C47H31N3S/c1-4-21-42-36(15-1)37-16-2-5-22-43(37)50(42)34-24-25-45-41(29-34)38-17-3-6-23-44(38)49(45)33-14-8-12-31(28-33)30-11-7-13-32(27-30)35-18-9-19-39-40-20-10-26-48-47(40)51-46(35)39/h1-4,6-21,23-29H,5,22H2. The normalized spacial score (nSPS) is 12.9. The van der Waals surface area contributed by atoms with Crippen molar-refractivity contribution in [1.82, 2.24) is 14.1 Å². The molecule has 240 valence electrons. The Bertz CT molecular complexity index is 3040. The predicted molar refractivity (Wildman–Crippen MR) is 217 cm³/mol. The van der Waals surface area contributed by atoms with Crippen LogP contribution in [0.25, 0.3) is 92.7 Å². The summed E-state index contributed by atoms with van der Waals surface area (Å²) in [5, 5.41) is 6.34. The van der Waals surface area contributed by atoms with E-state index < -0.39 is 0 Å². The van der Waals surface area contributed by atoms with Gasteiger partial charge in [0.1, 0.15) is 4.83 Å². The fraction of sp³-hybridized carbons (Fsp3) is 0.0426. The zero-order valence-corrected chi connectivity index (χ0v) is 28.6. The number of pyridine rings is 1. The lowest BCUT2D eigenvalue weighted by Crippen LogP contribution is -2.03. The number of hydrogen-bond donors (Lipinski definition) is 0. The lowest BCUT2D eigenvalue weighted by Gasteiger charge is -2.14. The van der Waals surface area contributed by atoms with Crippen molar-refractivity contribution in [3.05, 3.63) is 169 Å². The number of aromatic nitrogens is 3. The Morgan fingerprint density at radius 1 is 0.510 bits per heavy atom. The minimum Gasteiger partial charge on any atom is -0.313 e. The second kappa shape index (κ2) is 11.1. The summed E-state index contributed by atoms with van der Waals surface area (Å²) in [5.74, 6) is 0. The third kappa shape index (κ3) is 4.33. The Kier molecular flexibility index (Phi) is 6.25. The molecule has 4 heteroatoms. The predicted octanol–water partition coefficient (Wildman–Crippen LogP) is 12.8. The third-order valence-corrected chi connectivity index (χ3v) is 11.8. The fourth-order valence-corrected chi connectivity index (χ4v) is 9.57. The zero-order valence-electron chi connectivity index (χ0n) is 27.8. The van der Waals surface area contributed by atoms with Gasteiger partial charge in [-0.25, -0.2) is 4.98 Å². The molecular formula is C47H31N3S. The summed E-state index contributed by atoms with van der Waals surface area (Å²) >= 11 is 1.78. The molecule has 0 fully saturated rings. The van der Waals surface area contributed by atoms with Gasteiger partial charge in [0.05, 0.1) is 16.6 Å². The molecule has 0 saturated heterocycles. The largest absolute Gasteiger partial charge is 0.313 e. The highest BCUT2D eigenvalue weighted by Crippen LogP contribution is 2.41. The number of hydrogen-bond acceptors (Lipinski definition) is 2. The van der Waals surface area contributed by atoms with Crippen molar-refractivity contribution in [3.8, 4) is 33.6 Å². The molecule has 51 heavy (non-hydrogen) atoms. The van der Waals surface area contributed by atoms with Gasteiger partial charge in [-0.1, -0.05) is 97.1 Å². The summed E-state index contributed by atoms with van der Waals surface area (Å²) in [6, 6.07) is 53.5. The van der Waals surface area contributed by atoms with Crippen molar-refractivity contribution >= 4 is 70.4 Å². The Morgan fingerprint density at radius 2 is 1.22 bits per heavy atom. The number of nitrogens with zero attached hydrogens (tertiary/aromatic N) is 3. The van der Waals surface area contributed by atoms with Crippen LogP contribution in [0, 0.1) is 0 Å². The van der Waals surface area contributed by atoms with Crippen molar-refractivity contribution in [2.75, 3.05) is 0 Å². The van der Waals surface area contributed by atoms with Crippen molar-refractivity contribution in [1.29, 1.82) is 0 Å². The average molecular weight is 670 g/mol. The highest BCUT2D eigenvalue weighted by Gasteiger charge is 2.20. The zero-order chi connectivity index (χ0) is 33.5. The maximum Gasteiger partial charge on any atom is 0.124 e. The fourth-order valence-electron chi connectivity index (χ4n) is 8.40. The van der Waals surface area contributed by atoms with E-state index in [9.17, 15) is 0 Å². The molecule has 0 radical (unpaired) electrons. The topological polar surface area (TPSA) is 22.8 Å². The summed E-state index contributed by atoms with van der Waals surface area (Å²) < 4.78 is 6.20.